The summed E-state index contributed by atoms with van der Waals surface area (Å²) >= 11 is 0. The van der Waals surface area contributed by atoms with Gasteiger partial charge in [-0.3, -0.25) is 0 Å². The molecule has 0 saturated carbocycles. The van der Waals surface area contributed by atoms with E-state index in [0.29, 0.717) is 17.2 Å². The third-order valence-corrected chi connectivity index (χ3v) is 13.1. The number of benzene rings is 3. The molecule has 0 heterocycles. The summed E-state index contributed by atoms with van der Waals surface area (Å²) in [5, 5.41) is 20.4. The molecule has 0 unspecified atom stereocenters. The zero-order valence-electron chi connectivity index (χ0n) is 43.0. The van der Waals surface area contributed by atoms with E-state index in [1.807, 2.05) is 75.4 Å². The summed E-state index contributed by atoms with van der Waals surface area (Å²) in [5.74, 6) is -0.437. The molecule has 0 aliphatic heterocycles. The number of carboxylic acids is 2. The first kappa shape index (κ1) is 64.0. The summed E-state index contributed by atoms with van der Waals surface area (Å²) in [4.78, 5) is 20.4. The van der Waals surface area contributed by atoms with Gasteiger partial charge in [0.15, 0.2) is 0 Å². The van der Waals surface area contributed by atoms with E-state index in [4.69, 9.17) is 13.6 Å². The molecule has 67 heavy (non-hydrogen) atoms. The van der Waals surface area contributed by atoms with Gasteiger partial charge in [0.05, 0.1) is 0 Å². The first-order chi connectivity index (χ1) is 32.0. The van der Waals surface area contributed by atoms with E-state index in [9.17, 15) is 24.4 Å². The van der Waals surface area contributed by atoms with Crippen LogP contribution in [0.3, 0.4) is 0 Å². The first-order valence-corrected chi connectivity index (χ1v) is 27.7. The Morgan fingerprint density at radius 1 is 0.373 bits per heavy atom. The third kappa shape index (κ3) is 37.6. The van der Waals surface area contributed by atoms with Gasteiger partial charge in [0.25, 0.3) is 0 Å². The second-order valence-electron chi connectivity index (χ2n) is 18.2. The quantitative estimate of drug-likeness (QED) is 0.0316. The van der Waals surface area contributed by atoms with Crippen molar-refractivity contribution in [2.45, 2.75) is 240 Å². The summed E-state index contributed by atoms with van der Waals surface area (Å²) < 4.78 is 30.8. The summed E-state index contributed by atoms with van der Waals surface area (Å²) in [7, 11) is -3.97. The molecule has 0 amide bonds. The fourth-order valence-electron chi connectivity index (χ4n) is 7.68. The molecule has 3 aromatic rings. The topological polar surface area (TPSA) is 125 Å². The number of hydrogen-bond acceptors (Lipinski definition) is 8. The van der Waals surface area contributed by atoms with E-state index in [1.54, 1.807) is 18.2 Å². The van der Waals surface area contributed by atoms with Crippen molar-refractivity contribution in [2.24, 2.45) is 0 Å². The van der Waals surface area contributed by atoms with E-state index in [-0.39, 0.29) is 35.9 Å². The monoisotopic (exact) mass is 959 g/mol. The van der Waals surface area contributed by atoms with Gasteiger partial charge in [-0.25, -0.2) is 0 Å². The minimum atomic E-state index is -3.97. The van der Waals surface area contributed by atoms with Gasteiger partial charge in [0, 0.05) is 11.9 Å². The number of aliphatic carboxylic acids is 2. The number of hydrogen-bond donors (Lipinski definition) is 0. The van der Waals surface area contributed by atoms with E-state index in [0.717, 1.165) is 42.4 Å². The van der Waals surface area contributed by atoms with Crippen LogP contribution in [0.5, 0.6) is 17.2 Å². The predicted molar refractivity (Wildman–Crippen MR) is 278 cm³/mol. The molecule has 3 aromatic carbocycles. The van der Waals surface area contributed by atoms with Crippen molar-refractivity contribution in [3.8, 4) is 17.2 Å². The standard InChI is InChI=1S/C21H21O4P.2C18H36O2.Mg/c1-16-10-4-7-13-19(16)23-26(22,24-20-14-8-5-11-17(20)2)25-21-15-9-6-12-18(21)3;2*1-2-3-4-5-6-7-8-9-10-11-12-13-14-15-16-17-18(19)20;/h4-15H,1-3H3;2*2-17H2,1H3,(H,19,20);/q;;;+2/p-2. The summed E-state index contributed by atoms with van der Waals surface area (Å²) in [6, 6.07) is 22.0. The molecular weight excluding hydrogens is 868 g/mol. The van der Waals surface area contributed by atoms with E-state index in [1.165, 1.54) is 167 Å². The van der Waals surface area contributed by atoms with E-state index >= 15 is 0 Å². The molecule has 0 bridgehead atoms. The number of carbonyl (C=O) groups excluding carboxylic acids is 2. The average Bonchev–Trinajstić information content (AvgIpc) is 3.29. The maximum absolute atomic E-state index is 13.5. The van der Waals surface area contributed by atoms with Crippen LogP contribution in [-0.2, 0) is 14.2 Å². The van der Waals surface area contributed by atoms with Gasteiger partial charge in [-0.2, -0.15) is 4.57 Å². The Morgan fingerprint density at radius 3 is 0.761 bits per heavy atom. The fourth-order valence-corrected chi connectivity index (χ4v) is 9.12. The molecule has 0 fully saturated rings. The molecule has 0 aliphatic carbocycles. The van der Waals surface area contributed by atoms with Crippen LogP contribution in [0.2, 0.25) is 0 Å². The van der Waals surface area contributed by atoms with Gasteiger partial charge >= 0.3 is 30.9 Å². The molecule has 10 heteroatoms. The third-order valence-electron chi connectivity index (χ3n) is 11.9. The molecular formula is C57H91MgO8P. The van der Waals surface area contributed by atoms with Crippen LogP contribution in [0.25, 0.3) is 0 Å². The number of phosphoric acid groups is 1. The Labute approximate surface area is 425 Å². The number of carbonyl (C=O) groups is 2. The van der Waals surface area contributed by atoms with Crippen LogP contribution in [0.15, 0.2) is 72.8 Å². The van der Waals surface area contributed by atoms with Crippen LogP contribution < -0.4 is 23.8 Å². The predicted octanol–water partition coefficient (Wildman–Crippen LogP) is 15.9. The molecule has 0 spiro atoms. The van der Waals surface area contributed by atoms with Gasteiger partial charge in [-0.05, 0) is 81.3 Å². The van der Waals surface area contributed by atoms with Crippen LogP contribution >= 0.6 is 7.82 Å². The zero-order valence-corrected chi connectivity index (χ0v) is 45.3. The average molecular weight is 960 g/mol. The maximum atomic E-state index is 13.5. The molecule has 0 aromatic heterocycles. The second-order valence-corrected chi connectivity index (χ2v) is 19.6. The van der Waals surface area contributed by atoms with E-state index < -0.39 is 19.8 Å². The molecule has 0 saturated heterocycles. The van der Waals surface area contributed by atoms with Crippen molar-refractivity contribution >= 4 is 42.8 Å². The van der Waals surface area contributed by atoms with Crippen molar-refractivity contribution in [3.63, 3.8) is 0 Å². The smallest absolute Gasteiger partial charge is 0.550 e. The normalized spacial score (nSPS) is 10.8. The number of unbranched alkanes of at least 4 members (excludes halogenated alkanes) is 28. The van der Waals surface area contributed by atoms with Crippen molar-refractivity contribution in [3.05, 3.63) is 89.5 Å². The van der Waals surface area contributed by atoms with E-state index in [2.05, 4.69) is 13.8 Å². The molecule has 0 aliphatic rings. The number of rotatable bonds is 38. The van der Waals surface area contributed by atoms with Crippen LogP contribution in [0.1, 0.15) is 236 Å². The maximum Gasteiger partial charge on any atom is 2.00 e. The molecule has 8 nitrogen and oxygen atoms in total. The molecule has 3 rings (SSSR count). The largest absolute Gasteiger partial charge is 2.00 e. The Hall–Kier alpha value is -3.00. The number of para-hydroxylation sites is 3. The minimum Gasteiger partial charge on any atom is -0.550 e. The molecule has 0 N–H and O–H groups in total. The van der Waals surface area contributed by atoms with Gasteiger partial charge < -0.3 is 33.4 Å². The SMILES string of the molecule is CCCCCCCCCCCCCCCCCC(=O)[O-].CCCCCCCCCCCCCCCCCC(=O)[O-].Cc1ccccc1OP(=O)(Oc1ccccc1C)Oc1ccccc1C.[Mg+2]. The van der Waals surface area contributed by atoms with Crippen molar-refractivity contribution in [1.82, 2.24) is 0 Å². The Bertz CT molecular complexity index is 1520. The van der Waals surface area contributed by atoms with Crippen molar-refractivity contribution < 1.29 is 37.9 Å². The Balaban J connectivity index is 0.000000984. The van der Waals surface area contributed by atoms with Gasteiger partial charge in [0.2, 0.25) is 0 Å². The van der Waals surface area contributed by atoms with Crippen molar-refractivity contribution in [1.29, 1.82) is 0 Å². The molecule has 0 atom stereocenters. The van der Waals surface area contributed by atoms with Gasteiger partial charge in [-0.1, -0.05) is 248 Å². The number of carboxylic acid groups (broad SMARTS) is 2. The second kappa shape index (κ2) is 44.2. The molecule has 374 valence electrons. The fraction of sp³-hybridized carbons (Fsp3) is 0.649. The Kier molecular flexibility index (Phi) is 42.2. The van der Waals surface area contributed by atoms with Crippen LogP contribution in [0.4, 0.5) is 0 Å². The summed E-state index contributed by atoms with van der Waals surface area (Å²) in [6.07, 6.45) is 39.7. The Morgan fingerprint density at radius 2 is 0.567 bits per heavy atom. The molecule has 0 radical (unpaired) electrons. The van der Waals surface area contributed by atoms with Crippen LogP contribution in [0, 0.1) is 20.8 Å². The van der Waals surface area contributed by atoms with Gasteiger partial charge in [0.1, 0.15) is 17.2 Å². The number of phosphoric ester groups is 1. The van der Waals surface area contributed by atoms with Gasteiger partial charge in [-0.15, -0.1) is 0 Å². The van der Waals surface area contributed by atoms with Crippen LogP contribution in [-0.4, -0.2) is 35.0 Å². The van der Waals surface area contributed by atoms with Crippen molar-refractivity contribution in [2.75, 3.05) is 0 Å². The number of aryl methyl sites for hydroxylation is 3. The zero-order chi connectivity index (χ0) is 48.4. The first-order valence-electron chi connectivity index (χ1n) is 26.3. The summed E-state index contributed by atoms with van der Waals surface area (Å²) in [5.41, 5.74) is 2.53. The summed E-state index contributed by atoms with van der Waals surface area (Å²) in [6.45, 7) is 10.2. The minimum absolute atomic E-state index is 0.